The summed E-state index contributed by atoms with van der Waals surface area (Å²) in [5.41, 5.74) is 2.43. The number of hydrogen-bond acceptors (Lipinski definition) is 0. The van der Waals surface area contributed by atoms with Crippen molar-refractivity contribution in [2.75, 3.05) is 0 Å². The monoisotopic (exact) mass is 330 g/mol. The number of benzene rings is 3. The molecule has 0 aliphatic heterocycles. The molecule has 0 bridgehead atoms. The minimum absolute atomic E-state index is 0.150. The predicted molar refractivity (Wildman–Crippen MR) is 86.2 cm³/mol. The Bertz CT molecular complexity index is 716. The van der Waals surface area contributed by atoms with Gasteiger partial charge in [-0.2, -0.15) is 0 Å². The summed E-state index contributed by atoms with van der Waals surface area (Å²) >= 11 is 9.86. The number of rotatable bonds is 2. The molecule has 0 saturated heterocycles. The smallest absolute Gasteiger partial charge is 0.0651 e. The molecule has 94 valence electrons. The van der Waals surface area contributed by atoms with E-state index >= 15 is 0 Å². The highest BCUT2D eigenvalue weighted by atomic mass is 79.9. The van der Waals surface area contributed by atoms with Crippen molar-refractivity contribution < 1.29 is 0 Å². The van der Waals surface area contributed by atoms with Crippen LogP contribution in [0.15, 0.2) is 66.7 Å². The number of alkyl halides is 1. The Kier molecular flexibility index (Phi) is 3.58. The molecule has 0 aliphatic carbocycles. The molecular weight excluding hydrogens is 320 g/mol. The second-order valence-electron chi connectivity index (χ2n) is 4.49. The molecule has 1 atom stereocenters. The molecule has 2 heteroatoms. The molecule has 1 unspecified atom stereocenters. The van der Waals surface area contributed by atoms with Crippen LogP contribution in [0.2, 0.25) is 5.02 Å². The van der Waals surface area contributed by atoms with E-state index in [4.69, 9.17) is 11.6 Å². The van der Waals surface area contributed by atoms with Gasteiger partial charge in [0.25, 0.3) is 0 Å². The first kappa shape index (κ1) is 12.7. The van der Waals surface area contributed by atoms with E-state index in [1.54, 1.807) is 0 Å². The highest BCUT2D eigenvalue weighted by molar-refractivity contribution is 9.09. The normalized spacial score (nSPS) is 12.5. The van der Waals surface area contributed by atoms with Crippen LogP contribution in [0.5, 0.6) is 0 Å². The summed E-state index contributed by atoms with van der Waals surface area (Å²) in [6.07, 6.45) is 0. The lowest BCUT2D eigenvalue weighted by Gasteiger charge is -2.14. The molecule has 0 radical (unpaired) electrons. The van der Waals surface area contributed by atoms with Crippen LogP contribution in [0, 0.1) is 0 Å². The van der Waals surface area contributed by atoms with E-state index in [0.717, 1.165) is 5.02 Å². The van der Waals surface area contributed by atoms with E-state index in [1.165, 1.54) is 21.9 Å². The SMILES string of the molecule is Clc1cccc(C(Br)c2cccc3ccccc23)c1. The van der Waals surface area contributed by atoms with Gasteiger partial charge >= 0.3 is 0 Å². The number of halogens is 2. The van der Waals surface area contributed by atoms with Crippen molar-refractivity contribution in [3.8, 4) is 0 Å². The minimum atomic E-state index is 0.150. The van der Waals surface area contributed by atoms with Crippen molar-refractivity contribution in [3.05, 3.63) is 82.9 Å². The van der Waals surface area contributed by atoms with Gasteiger partial charge in [0.15, 0.2) is 0 Å². The first-order valence-corrected chi connectivity index (χ1v) is 7.42. The Labute approximate surface area is 126 Å². The molecule has 0 heterocycles. The average molecular weight is 332 g/mol. The molecule has 3 rings (SSSR count). The average Bonchev–Trinajstić information content (AvgIpc) is 2.46. The third-order valence-corrected chi connectivity index (χ3v) is 4.49. The van der Waals surface area contributed by atoms with Crippen LogP contribution in [0.1, 0.15) is 16.0 Å². The molecule has 3 aromatic rings. The van der Waals surface area contributed by atoms with E-state index in [2.05, 4.69) is 64.5 Å². The van der Waals surface area contributed by atoms with Gasteiger partial charge in [-0.05, 0) is 34.0 Å². The lowest BCUT2D eigenvalue weighted by molar-refractivity contribution is 1.20. The minimum Gasteiger partial charge on any atom is -0.0843 e. The van der Waals surface area contributed by atoms with E-state index in [-0.39, 0.29) is 4.83 Å². The van der Waals surface area contributed by atoms with Crippen LogP contribution in [0.3, 0.4) is 0 Å². The van der Waals surface area contributed by atoms with Gasteiger partial charge in [0.1, 0.15) is 0 Å². The second-order valence-corrected chi connectivity index (χ2v) is 5.84. The van der Waals surface area contributed by atoms with Gasteiger partial charge in [0.05, 0.1) is 4.83 Å². The summed E-state index contributed by atoms with van der Waals surface area (Å²) in [7, 11) is 0. The maximum absolute atomic E-state index is 6.07. The zero-order valence-corrected chi connectivity index (χ0v) is 12.5. The van der Waals surface area contributed by atoms with Crippen LogP contribution in [-0.2, 0) is 0 Å². The Morgan fingerprint density at radius 3 is 2.42 bits per heavy atom. The first-order valence-electron chi connectivity index (χ1n) is 6.13. The van der Waals surface area contributed by atoms with Gasteiger partial charge in [-0.15, -0.1) is 0 Å². The fraction of sp³-hybridized carbons (Fsp3) is 0.0588. The van der Waals surface area contributed by atoms with E-state index in [1.807, 2.05) is 18.2 Å². The van der Waals surface area contributed by atoms with Crippen molar-refractivity contribution in [2.45, 2.75) is 4.83 Å². The summed E-state index contributed by atoms with van der Waals surface area (Å²) in [6, 6.07) is 22.8. The van der Waals surface area contributed by atoms with Crippen LogP contribution in [-0.4, -0.2) is 0 Å². The van der Waals surface area contributed by atoms with Crippen molar-refractivity contribution in [2.24, 2.45) is 0 Å². The molecule has 0 aromatic heterocycles. The lowest BCUT2D eigenvalue weighted by atomic mass is 9.98. The summed E-state index contributed by atoms with van der Waals surface area (Å²) < 4.78 is 0. The maximum atomic E-state index is 6.07. The molecule has 0 fully saturated rings. The second kappa shape index (κ2) is 5.36. The summed E-state index contributed by atoms with van der Waals surface area (Å²) in [4.78, 5) is 0.150. The highest BCUT2D eigenvalue weighted by Crippen LogP contribution is 2.35. The summed E-state index contributed by atoms with van der Waals surface area (Å²) in [5.74, 6) is 0. The van der Waals surface area contributed by atoms with Gasteiger partial charge in [-0.3, -0.25) is 0 Å². The van der Waals surface area contributed by atoms with Crippen LogP contribution in [0.4, 0.5) is 0 Å². The Balaban J connectivity index is 2.14. The first-order chi connectivity index (χ1) is 9.25. The number of hydrogen-bond donors (Lipinski definition) is 0. The molecular formula is C17H12BrCl. The fourth-order valence-electron chi connectivity index (χ4n) is 2.32. The van der Waals surface area contributed by atoms with Crippen molar-refractivity contribution in [1.82, 2.24) is 0 Å². The fourth-order valence-corrected chi connectivity index (χ4v) is 3.20. The van der Waals surface area contributed by atoms with E-state index < -0.39 is 0 Å². The predicted octanol–water partition coefficient (Wildman–Crippen LogP) is 5.98. The lowest BCUT2D eigenvalue weighted by Crippen LogP contribution is -1.93. The number of fused-ring (bicyclic) bond motifs is 1. The molecule has 0 aliphatic rings. The zero-order valence-electron chi connectivity index (χ0n) is 10.2. The zero-order chi connectivity index (χ0) is 13.2. The summed E-state index contributed by atoms with van der Waals surface area (Å²) in [5, 5.41) is 3.29. The topological polar surface area (TPSA) is 0 Å². The quantitative estimate of drug-likeness (QED) is 0.507. The molecule has 0 amide bonds. The van der Waals surface area contributed by atoms with Gasteiger partial charge < -0.3 is 0 Å². The van der Waals surface area contributed by atoms with Crippen molar-refractivity contribution in [1.29, 1.82) is 0 Å². The highest BCUT2D eigenvalue weighted by Gasteiger charge is 2.13. The third-order valence-electron chi connectivity index (χ3n) is 3.24. The largest absolute Gasteiger partial charge is 0.0843 e. The molecule has 0 saturated carbocycles. The Morgan fingerprint density at radius 1 is 0.842 bits per heavy atom. The molecule has 3 aromatic carbocycles. The van der Waals surface area contributed by atoms with Gasteiger partial charge in [0, 0.05) is 5.02 Å². The maximum Gasteiger partial charge on any atom is 0.0651 e. The van der Waals surface area contributed by atoms with E-state index in [0.29, 0.717) is 0 Å². The van der Waals surface area contributed by atoms with Crippen molar-refractivity contribution in [3.63, 3.8) is 0 Å². The molecule has 19 heavy (non-hydrogen) atoms. The van der Waals surface area contributed by atoms with Gasteiger partial charge in [-0.1, -0.05) is 82.1 Å². The van der Waals surface area contributed by atoms with Crippen LogP contribution >= 0.6 is 27.5 Å². The van der Waals surface area contributed by atoms with Crippen molar-refractivity contribution >= 4 is 38.3 Å². The molecule has 0 N–H and O–H groups in total. The third kappa shape index (κ3) is 2.54. The Morgan fingerprint density at radius 2 is 1.58 bits per heavy atom. The van der Waals surface area contributed by atoms with E-state index in [9.17, 15) is 0 Å². The van der Waals surface area contributed by atoms with Gasteiger partial charge in [0.2, 0.25) is 0 Å². The summed E-state index contributed by atoms with van der Waals surface area (Å²) in [6.45, 7) is 0. The van der Waals surface area contributed by atoms with Crippen LogP contribution in [0.25, 0.3) is 10.8 Å². The van der Waals surface area contributed by atoms with Gasteiger partial charge in [-0.25, -0.2) is 0 Å². The molecule has 0 nitrogen and oxygen atoms in total. The standard InChI is InChI=1S/C17H12BrCl/c18-17(13-7-3-8-14(19)11-13)16-10-4-6-12-5-1-2-9-15(12)16/h1-11,17H. The Hall–Kier alpha value is -1.31. The molecule has 0 spiro atoms. The van der Waals surface area contributed by atoms with Crippen LogP contribution < -0.4 is 0 Å².